The minimum atomic E-state index is -0.0336. The van der Waals surface area contributed by atoms with Crippen molar-refractivity contribution in [1.29, 1.82) is 0 Å². The van der Waals surface area contributed by atoms with Crippen LogP contribution in [0.1, 0.15) is 34.5 Å². The zero-order valence-electron chi connectivity index (χ0n) is 14.4. The number of benzene rings is 3. The van der Waals surface area contributed by atoms with Gasteiger partial charge in [-0.3, -0.25) is 0 Å². The number of rotatable bonds is 2. The summed E-state index contributed by atoms with van der Waals surface area (Å²) in [6.07, 6.45) is 1.02. The molecule has 1 heterocycles. The molecule has 1 aliphatic rings. The minimum Gasteiger partial charge on any atom is -0.241 e. The third-order valence-electron chi connectivity index (χ3n) is 5.53. The Kier molecular flexibility index (Phi) is 3.77. The van der Waals surface area contributed by atoms with Crippen molar-refractivity contribution in [3.05, 3.63) is 99.0 Å². The van der Waals surface area contributed by atoms with Gasteiger partial charge in [0.1, 0.15) is 5.01 Å². The molecule has 4 aromatic rings. The Balaban J connectivity index is 1.74. The summed E-state index contributed by atoms with van der Waals surface area (Å²) in [4.78, 5) is 5.05. The molecule has 0 radical (unpaired) electrons. The van der Waals surface area contributed by atoms with Crippen LogP contribution in [0, 0.1) is 0 Å². The molecule has 3 heteroatoms. The van der Waals surface area contributed by atoms with Gasteiger partial charge in [-0.15, -0.1) is 11.3 Å². The van der Waals surface area contributed by atoms with Crippen molar-refractivity contribution < 1.29 is 0 Å². The summed E-state index contributed by atoms with van der Waals surface area (Å²) in [5, 5.41) is 1.24. The summed E-state index contributed by atoms with van der Waals surface area (Å²) in [5.74, 6) is 0.316. The number of halogens is 1. The van der Waals surface area contributed by atoms with Gasteiger partial charge in [0.2, 0.25) is 0 Å². The first-order valence-corrected chi connectivity index (χ1v) is 10.5. The van der Waals surface area contributed by atoms with Crippen molar-refractivity contribution in [3.8, 4) is 0 Å². The van der Waals surface area contributed by atoms with Crippen LogP contribution in [-0.4, -0.2) is 4.98 Å². The van der Waals surface area contributed by atoms with E-state index in [1.54, 1.807) is 0 Å². The maximum absolute atomic E-state index is 5.05. The summed E-state index contributed by atoms with van der Waals surface area (Å²) >= 11 is 5.52. The summed E-state index contributed by atoms with van der Waals surface area (Å²) in [6.45, 7) is 2.39. The molecule has 0 spiro atoms. The fourth-order valence-electron chi connectivity index (χ4n) is 4.34. The van der Waals surface area contributed by atoms with Crippen LogP contribution in [0.25, 0.3) is 10.2 Å². The monoisotopic (exact) mass is 419 g/mol. The van der Waals surface area contributed by atoms with E-state index in [1.165, 1.54) is 26.4 Å². The molecular weight excluding hydrogens is 402 g/mol. The predicted molar refractivity (Wildman–Crippen MR) is 113 cm³/mol. The molecule has 3 aromatic carbocycles. The van der Waals surface area contributed by atoms with E-state index in [0.29, 0.717) is 5.92 Å². The largest absolute Gasteiger partial charge is 0.241 e. The Hall–Kier alpha value is -1.97. The topological polar surface area (TPSA) is 12.9 Å². The highest BCUT2D eigenvalue weighted by molar-refractivity contribution is 9.10. The lowest BCUT2D eigenvalue weighted by atomic mass is 9.74. The number of para-hydroxylation sites is 1. The average Bonchev–Trinajstić information content (AvgIpc) is 3.21. The first kappa shape index (κ1) is 16.2. The van der Waals surface area contributed by atoms with Gasteiger partial charge < -0.3 is 0 Å². The van der Waals surface area contributed by atoms with E-state index in [2.05, 4.69) is 95.7 Å². The lowest BCUT2D eigenvalue weighted by molar-refractivity contribution is 0.448. The normalized spacial score (nSPS) is 21.8. The quantitative estimate of drug-likeness (QED) is 0.351. The summed E-state index contributed by atoms with van der Waals surface area (Å²) in [5.41, 5.74) is 5.30. The molecule has 128 valence electrons. The van der Waals surface area contributed by atoms with Crippen LogP contribution in [0.15, 0.2) is 77.3 Å². The summed E-state index contributed by atoms with van der Waals surface area (Å²) < 4.78 is 2.42. The van der Waals surface area contributed by atoms with Gasteiger partial charge in [-0.05, 0) is 47.4 Å². The van der Waals surface area contributed by atoms with E-state index in [4.69, 9.17) is 4.98 Å². The highest BCUT2D eigenvalue weighted by atomic mass is 79.9. The molecule has 0 aliphatic heterocycles. The zero-order valence-corrected chi connectivity index (χ0v) is 16.8. The highest BCUT2D eigenvalue weighted by Crippen LogP contribution is 2.53. The first-order valence-electron chi connectivity index (χ1n) is 8.84. The van der Waals surface area contributed by atoms with E-state index < -0.39 is 0 Å². The van der Waals surface area contributed by atoms with Crippen molar-refractivity contribution in [3.63, 3.8) is 0 Å². The average molecular weight is 420 g/mol. The molecule has 0 saturated heterocycles. The molecule has 0 unspecified atom stereocenters. The molecule has 26 heavy (non-hydrogen) atoms. The van der Waals surface area contributed by atoms with Crippen LogP contribution in [0.4, 0.5) is 0 Å². The molecule has 1 nitrogen and oxygen atoms in total. The van der Waals surface area contributed by atoms with Crippen LogP contribution in [0.2, 0.25) is 0 Å². The van der Waals surface area contributed by atoms with E-state index in [0.717, 1.165) is 16.4 Å². The molecular formula is C23H18BrNS. The third kappa shape index (κ3) is 2.45. The van der Waals surface area contributed by atoms with Crippen molar-refractivity contribution in [1.82, 2.24) is 4.98 Å². The third-order valence-corrected chi connectivity index (χ3v) is 7.34. The maximum atomic E-state index is 5.05. The number of hydrogen-bond donors (Lipinski definition) is 0. The molecule has 1 aliphatic carbocycles. The van der Waals surface area contributed by atoms with Gasteiger partial charge in [0.15, 0.2) is 0 Å². The van der Waals surface area contributed by atoms with Crippen molar-refractivity contribution in [2.45, 2.75) is 24.7 Å². The Morgan fingerprint density at radius 1 is 1.00 bits per heavy atom. The summed E-state index contributed by atoms with van der Waals surface area (Å²) in [6, 6.07) is 26.1. The van der Waals surface area contributed by atoms with Gasteiger partial charge >= 0.3 is 0 Å². The van der Waals surface area contributed by atoms with Crippen molar-refractivity contribution in [2.24, 2.45) is 0 Å². The van der Waals surface area contributed by atoms with E-state index in [-0.39, 0.29) is 5.41 Å². The number of aromatic nitrogens is 1. The highest BCUT2D eigenvalue weighted by Gasteiger charge is 2.46. The van der Waals surface area contributed by atoms with Crippen LogP contribution < -0.4 is 0 Å². The molecule has 0 bridgehead atoms. The minimum absolute atomic E-state index is 0.0336. The Morgan fingerprint density at radius 3 is 2.58 bits per heavy atom. The van der Waals surface area contributed by atoms with Crippen LogP contribution >= 0.6 is 27.3 Å². The fraction of sp³-hybridized carbons (Fsp3) is 0.174. The molecule has 0 fully saturated rings. The van der Waals surface area contributed by atoms with E-state index >= 15 is 0 Å². The standard InChI is InChI=1S/C23H18BrNS/c1-23(22-25-19-9-5-6-10-20(19)26-22)14-16-11-12-17(24)13-18(16)21(23)15-7-3-2-4-8-15/h2-13,21H,14H2,1H3/t21-,23+/m1/s1. The molecule has 0 saturated carbocycles. The van der Waals surface area contributed by atoms with Gasteiger partial charge in [0.25, 0.3) is 0 Å². The van der Waals surface area contributed by atoms with Crippen molar-refractivity contribution >= 4 is 37.5 Å². The van der Waals surface area contributed by atoms with Crippen LogP contribution in [0.3, 0.4) is 0 Å². The summed E-state index contributed by atoms with van der Waals surface area (Å²) in [7, 11) is 0. The Morgan fingerprint density at radius 2 is 1.77 bits per heavy atom. The number of thiazole rings is 1. The van der Waals surface area contributed by atoms with Crippen LogP contribution in [-0.2, 0) is 11.8 Å². The second kappa shape index (κ2) is 6.04. The van der Waals surface area contributed by atoms with Crippen LogP contribution in [0.5, 0.6) is 0 Å². The lowest BCUT2D eigenvalue weighted by Crippen LogP contribution is -2.28. The van der Waals surface area contributed by atoms with Crippen molar-refractivity contribution in [2.75, 3.05) is 0 Å². The number of nitrogens with zero attached hydrogens (tertiary/aromatic N) is 1. The van der Waals surface area contributed by atoms with Gasteiger partial charge in [-0.1, -0.05) is 71.4 Å². The van der Waals surface area contributed by atoms with E-state index in [1.807, 2.05) is 11.3 Å². The molecule has 0 N–H and O–H groups in total. The molecule has 2 atom stereocenters. The number of fused-ring (bicyclic) bond motifs is 2. The van der Waals surface area contributed by atoms with E-state index in [9.17, 15) is 0 Å². The molecule has 0 amide bonds. The second-order valence-corrected chi connectivity index (χ2v) is 9.21. The second-order valence-electron chi connectivity index (χ2n) is 7.27. The fourth-order valence-corrected chi connectivity index (χ4v) is 5.86. The Bertz CT molecular complexity index is 1070. The lowest BCUT2D eigenvalue weighted by Gasteiger charge is -2.30. The van der Waals surface area contributed by atoms with Gasteiger partial charge in [-0.25, -0.2) is 4.98 Å². The smallest absolute Gasteiger partial charge is 0.101 e. The van der Waals surface area contributed by atoms with Gasteiger partial charge in [-0.2, -0.15) is 0 Å². The SMILES string of the molecule is C[C@]1(c2nc3ccccc3s2)Cc2ccc(Br)cc2[C@H]1c1ccccc1. The first-order chi connectivity index (χ1) is 12.6. The van der Waals surface area contributed by atoms with Gasteiger partial charge in [0, 0.05) is 15.8 Å². The zero-order chi connectivity index (χ0) is 17.7. The maximum Gasteiger partial charge on any atom is 0.101 e. The molecule has 1 aromatic heterocycles. The molecule has 5 rings (SSSR count). The Labute approximate surface area is 165 Å². The number of hydrogen-bond acceptors (Lipinski definition) is 2. The van der Waals surface area contributed by atoms with Gasteiger partial charge in [0.05, 0.1) is 10.2 Å². The predicted octanol–water partition coefficient (Wildman–Crippen LogP) is 6.70.